The van der Waals surface area contributed by atoms with Crippen molar-refractivity contribution in [2.45, 2.75) is 26.6 Å². The zero-order valence-corrected chi connectivity index (χ0v) is 13.5. The molecule has 3 aromatic rings. The maximum atomic E-state index is 12.7. The lowest BCUT2D eigenvalue weighted by Gasteiger charge is -2.26. The smallest absolute Gasteiger partial charge is 0.254 e. The van der Waals surface area contributed by atoms with Crippen molar-refractivity contribution in [3.63, 3.8) is 0 Å². The molecule has 0 N–H and O–H groups in total. The number of benzene rings is 1. The van der Waals surface area contributed by atoms with Crippen LogP contribution in [0.1, 0.15) is 27.6 Å². The van der Waals surface area contributed by atoms with Crippen LogP contribution in [0.5, 0.6) is 0 Å². The minimum absolute atomic E-state index is 0.0348. The average molecular weight is 322 g/mol. The van der Waals surface area contributed by atoms with Crippen molar-refractivity contribution in [2.75, 3.05) is 6.54 Å². The lowest BCUT2D eigenvalue weighted by atomic mass is 10.1. The number of rotatable bonds is 3. The van der Waals surface area contributed by atoms with Crippen LogP contribution in [0.25, 0.3) is 0 Å². The van der Waals surface area contributed by atoms with Crippen molar-refractivity contribution in [1.82, 2.24) is 29.4 Å². The minimum atomic E-state index is 0.0348. The molecule has 0 bridgehead atoms. The number of carbonyl (C=O) groups excluding carboxylic acids is 1. The molecule has 0 atom stereocenters. The van der Waals surface area contributed by atoms with E-state index in [-0.39, 0.29) is 5.91 Å². The molecule has 1 aliphatic heterocycles. The fourth-order valence-electron chi connectivity index (χ4n) is 2.95. The fraction of sp³-hybridized carbons (Fsp3) is 0.294. The van der Waals surface area contributed by atoms with Gasteiger partial charge in [-0.1, -0.05) is 12.1 Å². The number of amides is 1. The van der Waals surface area contributed by atoms with Crippen molar-refractivity contribution >= 4 is 5.91 Å². The van der Waals surface area contributed by atoms with Crippen molar-refractivity contribution in [3.8, 4) is 0 Å². The molecule has 7 nitrogen and oxygen atoms in total. The average Bonchev–Trinajstić information content (AvgIpc) is 3.22. The summed E-state index contributed by atoms with van der Waals surface area (Å²) in [6.45, 7) is 4.43. The standard InChI is InChI=1S/C17H18N6O/c1-13-19-16-12-21(9-10-23(16)20-13)17(24)15-5-3-14(4-6-15)11-22-8-2-7-18-22/h2-8H,9-12H2,1H3. The second kappa shape index (κ2) is 5.92. The second-order valence-corrected chi connectivity index (χ2v) is 5.93. The number of aromatic nitrogens is 5. The van der Waals surface area contributed by atoms with Crippen LogP contribution in [0.2, 0.25) is 0 Å². The summed E-state index contributed by atoms with van der Waals surface area (Å²) in [5.74, 6) is 1.64. The zero-order valence-electron chi connectivity index (χ0n) is 13.5. The molecule has 0 aliphatic carbocycles. The van der Waals surface area contributed by atoms with Gasteiger partial charge in [0.05, 0.1) is 19.6 Å². The predicted molar refractivity (Wildman–Crippen MR) is 87.3 cm³/mol. The second-order valence-electron chi connectivity index (χ2n) is 5.93. The highest BCUT2D eigenvalue weighted by atomic mass is 16.2. The molecule has 0 saturated carbocycles. The van der Waals surface area contributed by atoms with Gasteiger partial charge < -0.3 is 4.90 Å². The van der Waals surface area contributed by atoms with Gasteiger partial charge in [0.1, 0.15) is 11.6 Å². The first-order valence-electron chi connectivity index (χ1n) is 7.95. The Morgan fingerprint density at radius 2 is 2.04 bits per heavy atom. The van der Waals surface area contributed by atoms with E-state index in [4.69, 9.17) is 0 Å². The lowest BCUT2D eigenvalue weighted by Crippen LogP contribution is -2.38. The van der Waals surface area contributed by atoms with Gasteiger partial charge in [-0.15, -0.1) is 0 Å². The van der Waals surface area contributed by atoms with Crippen LogP contribution < -0.4 is 0 Å². The van der Waals surface area contributed by atoms with Gasteiger partial charge in [-0.25, -0.2) is 9.67 Å². The van der Waals surface area contributed by atoms with Crippen LogP contribution in [-0.2, 0) is 19.6 Å². The molecular formula is C17H18N6O. The van der Waals surface area contributed by atoms with E-state index in [0.29, 0.717) is 31.7 Å². The molecule has 0 radical (unpaired) electrons. The molecule has 2 aromatic heterocycles. The number of fused-ring (bicyclic) bond motifs is 1. The summed E-state index contributed by atoms with van der Waals surface area (Å²) in [5.41, 5.74) is 1.81. The minimum Gasteiger partial charge on any atom is -0.329 e. The van der Waals surface area contributed by atoms with E-state index >= 15 is 0 Å². The predicted octanol–water partition coefficient (Wildman–Crippen LogP) is 1.49. The molecule has 0 saturated heterocycles. The van der Waals surface area contributed by atoms with Crippen LogP contribution >= 0.6 is 0 Å². The zero-order chi connectivity index (χ0) is 16.5. The van der Waals surface area contributed by atoms with E-state index in [1.807, 2.05) is 57.7 Å². The van der Waals surface area contributed by atoms with E-state index in [1.165, 1.54) is 0 Å². The fourth-order valence-corrected chi connectivity index (χ4v) is 2.95. The van der Waals surface area contributed by atoms with Crippen LogP contribution in [0, 0.1) is 6.92 Å². The maximum absolute atomic E-state index is 12.7. The van der Waals surface area contributed by atoms with Gasteiger partial charge in [0.2, 0.25) is 0 Å². The Labute approximate surface area is 139 Å². The summed E-state index contributed by atoms with van der Waals surface area (Å²) in [6, 6.07) is 9.61. The quantitative estimate of drug-likeness (QED) is 0.732. The molecule has 122 valence electrons. The largest absolute Gasteiger partial charge is 0.329 e. The Kier molecular flexibility index (Phi) is 3.60. The van der Waals surface area contributed by atoms with Crippen LogP contribution in [0.4, 0.5) is 0 Å². The molecule has 1 aromatic carbocycles. The summed E-state index contributed by atoms with van der Waals surface area (Å²) in [4.78, 5) is 18.9. The van der Waals surface area contributed by atoms with Gasteiger partial charge in [-0.2, -0.15) is 10.2 Å². The van der Waals surface area contributed by atoms with Crippen LogP contribution in [0.15, 0.2) is 42.7 Å². The lowest BCUT2D eigenvalue weighted by molar-refractivity contribution is 0.0702. The molecule has 24 heavy (non-hydrogen) atoms. The normalized spacial score (nSPS) is 13.8. The Balaban J connectivity index is 1.46. The van der Waals surface area contributed by atoms with Gasteiger partial charge in [-0.3, -0.25) is 9.48 Å². The number of aryl methyl sites for hydroxylation is 1. The Morgan fingerprint density at radius 3 is 2.79 bits per heavy atom. The number of nitrogens with zero attached hydrogens (tertiary/aromatic N) is 6. The van der Waals surface area contributed by atoms with E-state index in [0.717, 1.165) is 17.2 Å². The van der Waals surface area contributed by atoms with E-state index in [9.17, 15) is 4.79 Å². The molecule has 1 amide bonds. The van der Waals surface area contributed by atoms with E-state index in [2.05, 4.69) is 15.2 Å². The summed E-state index contributed by atoms with van der Waals surface area (Å²) in [7, 11) is 0. The Morgan fingerprint density at radius 1 is 1.21 bits per heavy atom. The van der Waals surface area contributed by atoms with Crippen LogP contribution in [0.3, 0.4) is 0 Å². The molecule has 0 spiro atoms. The number of carbonyl (C=O) groups is 1. The molecule has 0 fully saturated rings. The molecule has 4 rings (SSSR count). The third kappa shape index (κ3) is 2.80. The van der Waals surface area contributed by atoms with Crippen molar-refractivity contribution in [3.05, 3.63) is 65.5 Å². The summed E-state index contributed by atoms with van der Waals surface area (Å²) < 4.78 is 3.74. The number of hydrogen-bond acceptors (Lipinski definition) is 4. The highest BCUT2D eigenvalue weighted by Gasteiger charge is 2.23. The first-order chi connectivity index (χ1) is 11.7. The molecule has 0 unspecified atom stereocenters. The molecule has 7 heteroatoms. The summed E-state index contributed by atoms with van der Waals surface area (Å²) in [5, 5.41) is 8.52. The maximum Gasteiger partial charge on any atom is 0.254 e. The summed E-state index contributed by atoms with van der Waals surface area (Å²) >= 11 is 0. The highest BCUT2D eigenvalue weighted by Crippen LogP contribution is 2.15. The number of hydrogen-bond donors (Lipinski definition) is 0. The van der Waals surface area contributed by atoms with Crippen molar-refractivity contribution in [2.24, 2.45) is 0 Å². The first-order valence-corrected chi connectivity index (χ1v) is 7.95. The Hall–Kier alpha value is -2.96. The van der Waals surface area contributed by atoms with Gasteiger partial charge in [0.25, 0.3) is 5.91 Å². The van der Waals surface area contributed by atoms with Crippen LogP contribution in [-0.4, -0.2) is 41.9 Å². The van der Waals surface area contributed by atoms with Crippen molar-refractivity contribution < 1.29 is 4.79 Å². The molecule has 1 aliphatic rings. The Bertz CT molecular complexity index is 850. The third-order valence-corrected chi connectivity index (χ3v) is 4.16. The molecule has 3 heterocycles. The summed E-state index contributed by atoms with van der Waals surface area (Å²) in [6.07, 6.45) is 3.68. The SMILES string of the molecule is Cc1nc2n(n1)CCN(C(=O)c1ccc(Cn3cccn3)cc1)C2. The van der Waals surface area contributed by atoms with Crippen molar-refractivity contribution in [1.29, 1.82) is 0 Å². The monoisotopic (exact) mass is 322 g/mol. The topological polar surface area (TPSA) is 68.8 Å². The van der Waals surface area contributed by atoms with Gasteiger partial charge in [-0.05, 0) is 30.7 Å². The third-order valence-electron chi connectivity index (χ3n) is 4.16. The first kappa shape index (κ1) is 14.6. The van der Waals surface area contributed by atoms with E-state index in [1.54, 1.807) is 6.20 Å². The highest BCUT2D eigenvalue weighted by molar-refractivity contribution is 5.94. The van der Waals surface area contributed by atoms with Gasteiger partial charge >= 0.3 is 0 Å². The molecular weight excluding hydrogens is 304 g/mol. The van der Waals surface area contributed by atoms with E-state index < -0.39 is 0 Å². The van der Waals surface area contributed by atoms with Gasteiger partial charge in [0, 0.05) is 24.5 Å². The van der Waals surface area contributed by atoms with Gasteiger partial charge in [0.15, 0.2) is 0 Å².